The number of amides is 1. The van der Waals surface area contributed by atoms with Gasteiger partial charge in [0.2, 0.25) is 0 Å². The molecule has 1 aliphatic carbocycles. The first-order valence-electron chi connectivity index (χ1n) is 10.9. The van der Waals surface area contributed by atoms with Gasteiger partial charge in [0, 0.05) is 22.7 Å². The van der Waals surface area contributed by atoms with Gasteiger partial charge in [0.25, 0.3) is 5.91 Å². The molecule has 4 rings (SSSR count). The van der Waals surface area contributed by atoms with Crippen LogP contribution in [-0.2, 0) is 9.59 Å². The third-order valence-corrected chi connectivity index (χ3v) is 6.51. The second-order valence-electron chi connectivity index (χ2n) is 9.57. The van der Waals surface area contributed by atoms with Gasteiger partial charge >= 0.3 is 0 Å². The van der Waals surface area contributed by atoms with Gasteiger partial charge in [0.1, 0.15) is 17.7 Å². The molecule has 7 heteroatoms. The summed E-state index contributed by atoms with van der Waals surface area (Å²) in [5.41, 5.74) is 1.58. The molecule has 1 N–H and O–H groups in total. The summed E-state index contributed by atoms with van der Waals surface area (Å²) < 4.78 is 4.92. The first-order valence-corrected chi connectivity index (χ1v) is 10.9. The minimum Gasteiger partial charge on any atom is -0.410 e. The highest BCUT2D eigenvalue weighted by molar-refractivity contribution is 6.50. The summed E-state index contributed by atoms with van der Waals surface area (Å²) >= 11 is 0. The highest BCUT2D eigenvalue weighted by Gasteiger charge is 2.54. The quantitative estimate of drug-likeness (QED) is 0.568. The third-order valence-electron chi connectivity index (χ3n) is 6.51. The first kappa shape index (κ1) is 21.3. The van der Waals surface area contributed by atoms with Gasteiger partial charge in [0.15, 0.2) is 5.71 Å². The van der Waals surface area contributed by atoms with E-state index < -0.39 is 17.2 Å². The number of carbonyl (C=O) groups is 2. The van der Waals surface area contributed by atoms with Crippen LogP contribution in [-0.4, -0.2) is 33.8 Å². The van der Waals surface area contributed by atoms with E-state index in [-0.39, 0.29) is 23.5 Å². The van der Waals surface area contributed by atoms with E-state index in [1.54, 1.807) is 11.0 Å². The normalized spacial score (nSPS) is 24.2. The lowest BCUT2D eigenvalue weighted by Gasteiger charge is -2.37. The largest absolute Gasteiger partial charge is 0.410 e. The lowest BCUT2D eigenvalue weighted by atomic mass is 9.72. The maximum atomic E-state index is 13.4. The van der Waals surface area contributed by atoms with E-state index in [1.807, 2.05) is 45.0 Å². The Balaban J connectivity index is 1.77. The Kier molecular flexibility index (Phi) is 5.69. The van der Waals surface area contributed by atoms with Crippen molar-refractivity contribution in [2.45, 2.75) is 58.9 Å². The van der Waals surface area contributed by atoms with Crippen LogP contribution < -0.4 is 4.90 Å². The fourth-order valence-electron chi connectivity index (χ4n) is 4.96. The van der Waals surface area contributed by atoms with Crippen LogP contribution in [0, 0.1) is 17.3 Å². The Morgan fingerprint density at radius 1 is 1.13 bits per heavy atom. The van der Waals surface area contributed by atoms with Crippen molar-refractivity contribution in [1.82, 2.24) is 5.16 Å². The van der Waals surface area contributed by atoms with Crippen LogP contribution in [0.4, 0.5) is 5.69 Å². The highest BCUT2D eigenvalue weighted by Crippen LogP contribution is 2.42. The average Bonchev–Trinajstić information content (AvgIpc) is 3.39. The first-order chi connectivity index (χ1) is 14.8. The second-order valence-corrected chi connectivity index (χ2v) is 9.57. The van der Waals surface area contributed by atoms with Crippen LogP contribution >= 0.6 is 0 Å². The number of ketones is 1. The number of oxime groups is 1. The average molecular weight is 424 g/mol. The molecule has 7 nitrogen and oxygen atoms in total. The lowest BCUT2D eigenvalue weighted by Crippen LogP contribution is -2.46. The van der Waals surface area contributed by atoms with Crippen molar-refractivity contribution >= 4 is 23.1 Å². The number of aromatic nitrogens is 1. The van der Waals surface area contributed by atoms with Crippen LogP contribution in [0.2, 0.25) is 0 Å². The summed E-state index contributed by atoms with van der Waals surface area (Å²) in [6, 6.07) is 8.91. The molecule has 2 unspecified atom stereocenters. The molecule has 2 atom stereocenters. The molecule has 1 aliphatic heterocycles. The Hall–Kier alpha value is -2.96. The predicted octanol–water partition coefficient (Wildman–Crippen LogP) is 4.70. The molecular formula is C24H29N3O4. The smallest absolute Gasteiger partial charge is 0.277 e. The van der Waals surface area contributed by atoms with Gasteiger partial charge in [-0.1, -0.05) is 62.5 Å². The molecule has 2 aromatic rings. The molecule has 1 saturated heterocycles. The molecule has 1 saturated carbocycles. The highest BCUT2D eigenvalue weighted by atomic mass is 16.5. The van der Waals surface area contributed by atoms with Gasteiger partial charge in [-0.25, -0.2) is 0 Å². The number of nitrogens with zero attached hydrogens (tertiary/aromatic N) is 3. The van der Waals surface area contributed by atoms with E-state index in [1.165, 1.54) is 12.7 Å². The summed E-state index contributed by atoms with van der Waals surface area (Å²) in [6.07, 6.45) is 6.75. The number of hydrogen-bond donors (Lipinski definition) is 1. The predicted molar refractivity (Wildman–Crippen MR) is 117 cm³/mol. The zero-order chi connectivity index (χ0) is 22.2. The summed E-state index contributed by atoms with van der Waals surface area (Å²) in [5, 5.41) is 17.0. The second kappa shape index (κ2) is 8.29. The maximum Gasteiger partial charge on any atom is 0.277 e. The number of anilines is 1. The van der Waals surface area contributed by atoms with Crippen molar-refractivity contribution in [3.05, 3.63) is 36.6 Å². The van der Waals surface area contributed by atoms with Gasteiger partial charge < -0.3 is 14.6 Å². The Bertz CT molecular complexity index is 967. The van der Waals surface area contributed by atoms with Crippen molar-refractivity contribution in [3.8, 4) is 11.3 Å². The van der Waals surface area contributed by atoms with Crippen molar-refractivity contribution in [3.63, 3.8) is 0 Å². The number of Topliss-reactive ketones (excluding diaryl/α,β-unsaturated/α-hetero) is 1. The molecule has 1 aromatic heterocycles. The van der Waals surface area contributed by atoms with Gasteiger partial charge in [-0.3, -0.25) is 9.59 Å². The van der Waals surface area contributed by atoms with Gasteiger partial charge in [0.05, 0.1) is 12.0 Å². The topological polar surface area (TPSA) is 96.0 Å². The molecule has 1 aromatic carbocycles. The molecule has 1 amide bonds. The van der Waals surface area contributed by atoms with Crippen LogP contribution in [0.5, 0.6) is 0 Å². The van der Waals surface area contributed by atoms with Gasteiger partial charge in [-0.15, -0.1) is 0 Å². The molecule has 2 heterocycles. The van der Waals surface area contributed by atoms with Crippen molar-refractivity contribution in [1.29, 1.82) is 0 Å². The van der Waals surface area contributed by atoms with E-state index in [0.717, 1.165) is 31.2 Å². The van der Waals surface area contributed by atoms with E-state index >= 15 is 0 Å². The number of hydrogen-bond acceptors (Lipinski definition) is 6. The zero-order valence-electron chi connectivity index (χ0n) is 18.2. The Morgan fingerprint density at radius 3 is 2.35 bits per heavy atom. The SMILES string of the molecule is CC(C)(C)C(=O)C1/C(=N/O)C(=O)N(c2ccc(-c3ccon3)cc2)C1C1CCCCC1. The summed E-state index contributed by atoms with van der Waals surface area (Å²) in [4.78, 5) is 28.5. The maximum absolute atomic E-state index is 13.4. The Labute approximate surface area is 182 Å². The van der Waals surface area contributed by atoms with E-state index in [2.05, 4.69) is 10.3 Å². The molecule has 0 spiro atoms. The third kappa shape index (κ3) is 3.89. The summed E-state index contributed by atoms with van der Waals surface area (Å²) in [7, 11) is 0. The van der Waals surface area contributed by atoms with Crippen LogP contribution in [0.25, 0.3) is 11.3 Å². The summed E-state index contributed by atoms with van der Waals surface area (Å²) in [6.45, 7) is 5.55. The minimum absolute atomic E-state index is 0.0453. The van der Waals surface area contributed by atoms with Crippen LogP contribution in [0.3, 0.4) is 0 Å². The summed E-state index contributed by atoms with van der Waals surface area (Å²) in [5.74, 6) is -1.01. The Morgan fingerprint density at radius 2 is 1.81 bits per heavy atom. The molecule has 164 valence electrons. The molecule has 2 fully saturated rings. The lowest BCUT2D eigenvalue weighted by molar-refractivity contribution is -0.129. The number of benzene rings is 1. The number of rotatable bonds is 4. The van der Waals surface area contributed by atoms with Crippen molar-refractivity contribution in [2.24, 2.45) is 22.4 Å². The van der Waals surface area contributed by atoms with E-state index in [0.29, 0.717) is 11.4 Å². The molecule has 0 radical (unpaired) electrons. The van der Waals surface area contributed by atoms with Crippen LogP contribution in [0.15, 0.2) is 46.3 Å². The minimum atomic E-state index is -0.740. The van der Waals surface area contributed by atoms with Crippen LogP contribution in [0.1, 0.15) is 52.9 Å². The monoisotopic (exact) mass is 423 g/mol. The molecule has 0 bridgehead atoms. The standard InChI is InChI=1S/C24H29N3O4/c1-24(2,3)22(28)19-20(25-30)23(29)27(21(19)16-7-5-4-6-8-16)17-11-9-15(10-12-17)18-13-14-31-26-18/h9-14,16,19,21,30H,4-8H2,1-3H3/b25-20-. The van der Waals surface area contributed by atoms with Gasteiger partial charge in [-0.05, 0) is 30.9 Å². The molecule has 2 aliphatic rings. The fourth-order valence-corrected chi connectivity index (χ4v) is 4.96. The van der Waals surface area contributed by atoms with E-state index in [9.17, 15) is 14.8 Å². The number of carbonyl (C=O) groups excluding carboxylic acids is 2. The molecule has 31 heavy (non-hydrogen) atoms. The zero-order valence-corrected chi connectivity index (χ0v) is 18.2. The van der Waals surface area contributed by atoms with Gasteiger partial charge in [-0.2, -0.15) is 0 Å². The molecular weight excluding hydrogens is 394 g/mol. The fraction of sp³-hybridized carbons (Fsp3) is 0.500. The van der Waals surface area contributed by atoms with Crippen molar-refractivity contribution < 1.29 is 19.3 Å². The van der Waals surface area contributed by atoms with Crippen molar-refractivity contribution in [2.75, 3.05) is 4.90 Å². The van der Waals surface area contributed by atoms with E-state index in [4.69, 9.17) is 4.52 Å².